The van der Waals surface area contributed by atoms with Gasteiger partial charge in [-0.05, 0) is 43.2 Å². The topological polar surface area (TPSA) is 45.2 Å². The Bertz CT molecular complexity index is 911. The Labute approximate surface area is 165 Å². The third kappa shape index (κ3) is 5.16. The lowest BCUT2D eigenvalue weighted by Crippen LogP contribution is -2.36. The summed E-state index contributed by atoms with van der Waals surface area (Å²) in [5, 5.41) is 3.24. The van der Waals surface area contributed by atoms with Crippen LogP contribution in [0.1, 0.15) is 35.3 Å². The van der Waals surface area contributed by atoms with E-state index < -0.39 is 0 Å². The molecule has 0 unspecified atom stereocenters. The highest BCUT2D eigenvalue weighted by Gasteiger charge is 2.19. The smallest absolute Gasteiger partial charge is 0.256 e. The molecule has 2 aromatic carbocycles. The first-order valence-electron chi connectivity index (χ1n) is 9.31. The Kier molecular flexibility index (Phi) is 6.37. The molecule has 0 fully saturated rings. The van der Waals surface area contributed by atoms with E-state index in [1.54, 1.807) is 30.6 Å². The van der Waals surface area contributed by atoms with Gasteiger partial charge in [0, 0.05) is 31.5 Å². The van der Waals surface area contributed by atoms with E-state index in [1.165, 1.54) is 12.1 Å². The molecule has 4 nitrogen and oxygen atoms in total. The van der Waals surface area contributed by atoms with Crippen LogP contribution in [0, 0.1) is 5.82 Å². The van der Waals surface area contributed by atoms with Crippen molar-refractivity contribution in [1.82, 2.24) is 9.88 Å². The highest BCUT2D eigenvalue weighted by atomic mass is 19.1. The van der Waals surface area contributed by atoms with E-state index in [0.29, 0.717) is 18.7 Å². The number of hydrogen-bond donors (Lipinski definition) is 1. The lowest BCUT2D eigenvalue weighted by molar-refractivity contribution is 0.0690. The fraction of sp³-hybridized carbons (Fsp3) is 0.217. The molecular formula is C23H24FN3O. The maximum atomic E-state index is 13.1. The first kappa shape index (κ1) is 19.5. The van der Waals surface area contributed by atoms with Crippen molar-refractivity contribution >= 4 is 11.6 Å². The van der Waals surface area contributed by atoms with Crippen LogP contribution in [0.5, 0.6) is 0 Å². The Balaban J connectivity index is 1.71. The quantitative estimate of drug-likeness (QED) is 0.638. The lowest BCUT2D eigenvalue weighted by atomic mass is 10.1. The number of nitrogens with zero attached hydrogens (tertiary/aromatic N) is 2. The zero-order valence-electron chi connectivity index (χ0n) is 16.1. The van der Waals surface area contributed by atoms with Crippen molar-refractivity contribution in [2.45, 2.75) is 33.0 Å². The van der Waals surface area contributed by atoms with Crippen LogP contribution in [0.15, 0.2) is 73.1 Å². The number of carbonyl (C=O) groups excluding carboxylic acids is 1. The largest absolute Gasteiger partial charge is 0.380 e. The first-order valence-corrected chi connectivity index (χ1v) is 9.31. The summed E-state index contributed by atoms with van der Waals surface area (Å²) in [5.41, 5.74) is 3.32. The molecule has 0 aliphatic heterocycles. The van der Waals surface area contributed by atoms with Gasteiger partial charge in [-0.1, -0.05) is 42.5 Å². The Morgan fingerprint density at radius 2 is 1.75 bits per heavy atom. The Morgan fingerprint density at radius 1 is 1.04 bits per heavy atom. The van der Waals surface area contributed by atoms with Gasteiger partial charge in [0.25, 0.3) is 5.91 Å². The van der Waals surface area contributed by atoms with Crippen LogP contribution in [0.25, 0.3) is 0 Å². The van der Waals surface area contributed by atoms with Crippen LogP contribution < -0.4 is 5.32 Å². The van der Waals surface area contributed by atoms with Gasteiger partial charge in [-0.15, -0.1) is 0 Å². The van der Waals surface area contributed by atoms with Crippen LogP contribution in [-0.4, -0.2) is 21.8 Å². The van der Waals surface area contributed by atoms with Gasteiger partial charge in [-0.3, -0.25) is 9.78 Å². The summed E-state index contributed by atoms with van der Waals surface area (Å²) in [7, 11) is 0. The molecule has 28 heavy (non-hydrogen) atoms. The zero-order valence-corrected chi connectivity index (χ0v) is 16.1. The molecule has 1 heterocycles. The molecule has 0 aliphatic carbocycles. The molecule has 1 aromatic heterocycles. The predicted molar refractivity (Wildman–Crippen MR) is 109 cm³/mol. The maximum Gasteiger partial charge on any atom is 0.256 e. The fourth-order valence-corrected chi connectivity index (χ4v) is 2.89. The van der Waals surface area contributed by atoms with Gasteiger partial charge >= 0.3 is 0 Å². The van der Waals surface area contributed by atoms with Crippen LogP contribution >= 0.6 is 0 Å². The number of halogens is 1. The van der Waals surface area contributed by atoms with Crippen molar-refractivity contribution in [3.63, 3.8) is 0 Å². The van der Waals surface area contributed by atoms with Gasteiger partial charge in [0.15, 0.2) is 0 Å². The Hall–Kier alpha value is -3.21. The van der Waals surface area contributed by atoms with Gasteiger partial charge in [0.05, 0.1) is 11.3 Å². The minimum atomic E-state index is -0.259. The molecule has 0 aliphatic rings. The van der Waals surface area contributed by atoms with Crippen molar-refractivity contribution < 1.29 is 9.18 Å². The molecule has 0 spiro atoms. The van der Waals surface area contributed by atoms with E-state index in [-0.39, 0.29) is 17.8 Å². The highest BCUT2D eigenvalue weighted by molar-refractivity contribution is 5.94. The summed E-state index contributed by atoms with van der Waals surface area (Å²) in [5.74, 6) is -0.318. The second-order valence-electron chi connectivity index (χ2n) is 6.95. The normalized spacial score (nSPS) is 10.7. The number of pyridine rings is 1. The monoisotopic (exact) mass is 377 g/mol. The van der Waals surface area contributed by atoms with Crippen molar-refractivity contribution in [2.24, 2.45) is 0 Å². The van der Waals surface area contributed by atoms with Crippen LogP contribution in [0.2, 0.25) is 0 Å². The Morgan fingerprint density at radius 3 is 2.43 bits per heavy atom. The van der Waals surface area contributed by atoms with Crippen molar-refractivity contribution in [3.8, 4) is 0 Å². The van der Waals surface area contributed by atoms with E-state index in [1.807, 2.05) is 49.1 Å². The SMILES string of the molecule is CC(C)N(Cc1ccccc1)C(=O)c1cncc(NCc2ccc(F)cc2)c1. The van der Waals surface area contributed by atoms with Crippen molar-refractivity contribution in [2.75, 3.05) is 5.32 Å². The molecule has 1 N–H and O–H groups in total. The third-order valence-corrected chi connectivity index (χ3v) is 4.48. The number of hydrogen-bond acceptors (Lipinski definition) is 3. The summed E-state index contributed by atoms with van der Waals surface area (Å²) in [6.07, 6.45) is 3.27. The number of benzene rings is 2. The van der Waals surface area contributed by atoms with E-state index >= 15 is 0 Å². The average molecular weight is 377 g/mol. The molecule has 3 aromatic rings. The standard InChI is InChI=1S/C23H24FN3O/c1-17(2)27(16-19-6-4-3-5-7-19)23(28)20-12-22(15-25-14-20)26-13-18-8-10-21(24)11-9-18/h3-12,14-15,17,26H,13,16H2,1-2H3. The summed E-state index contributed by atoms with van der Waals surface area (Å²) in [4.78, 5) is 19.1. The molecule has 1 amide bonds. The molecule has 0 bridgehead atoms. The highest BCUT2D eigenvalue weighted by Crippen LogP contribution is 2.16. The summed E-state index contributed by atoms with van der Waals surface area (Å²) in [6.45, 7) is 5.08. The first-order chi connectivity index (χ1) is 13.5. The van der Waals surface area contributed by atoms with Gasteiger partial charge in [-0.2, -0.15) is 0 Å². The van der Waals surface area contributed by atoms with Gasteiger partial charge in [-0.25, -0.2) is 4.39 Å². The number of amides is 1. The number of carbonyl (C=O) groups is 1. The third-order valence-electron chi connectivity index (χ3n) is 4.48. The molecule has 144 valence electrons. The van der Waals surface area contributed by atoms with Crippen molar-refractivity contribution in [3.05, 3.63) is 95.6 Å². The van der Waals surface area contributed by atoms with E-state index in [0.717, 1.165) is 16.8 Å². The number of rotatable bonds is 7. The molecule has 5 heteroatoms. The lowest BCUT2D eigenvalue weighted by Gasteiger charge is -2.27. The summed E-state index contributed by atoms with van der Waals surface area (Å²) in [6, 6.07) is 18.1. The minimum Gasteiger partial charge on any atom is -0.380 e. The van der Waals surface area contributed by atoms with Gasteiger partial charge in [0.2, 0.25) is 0 Å². The van der Waals surface area contributed by atoms with Crippen LogP contribution in [-0.2, 0) is 13.1 Å². The molecule has 3 rings (SSSR count). The van der Waals surface area contributed by atoms with Crippen LogP contribution in [0.3, 0.4) is 0 Å². The molecule has 0 saturated heterocycles. The second kappa shape index (κ2) is 9.13. The van der Waals surface area contributed by atoms with Gasteiger partial charge < -0.3 is 10.2 Å². The molecule has 0 saturated carbocycles. The van der Waals surface area contributed by atoms with E-state index in [9.17, 15) is 9.18 Å². The van der Waals surface area contributed by atoms with Gasteiger partial charge in [0.1, 0.15) is 5.82 Å². The zero-order chi connectivity index (χ0) is 19.9. The van der Waals surface area contributed by atoms with Crippen molar-refractivity contribution in [1.29, 1.82) is 0 Å². The molecular weight excluding hydrogens is 353 g/mol. The fourth-order valence-electron chi connectivity index (χ4n) is 2.89. The summed E-state index contributed by atoms with van der Waals surface area (Å²) >= 11 is 0. The van der Waals surface area contributed by atoms with Crippen LogP contribution in [0.4, 0.5) is 10.1 Å². The average Bonchev–Trinajstić information content (AvgIpc) is 2.72. The predicted octanol–water partition coefficient (Wildman–Crippen LogP) is 4.88. The summed E-state index contributed by atoms with van der Waals surface area (Å²) < 4.78 is 13.0. The number of aromatic nitrogens is 1. The van der Waals surface area contributed by atoms with E-state index in [2.05, 4.69) is 10.3 Å². The number of nitrogens with one attached hydrogen (secondary N) is 1. The maximum absolute atomic E-state index is 13.1. The molecule has 0 radical (unpaired) electrons. The van der Waals surface area contributed by atoms with E-state index in [4.69, 9.17) is 0 Å². The molecule has 0 atom stereocenters. The minimum absolute atomic E-state index is 0.0585. The second-order valence-corrected chi connectivity index (χ2v) is 6.95. The number of anilines is 1.